The van der Waals surface area contributed by atoms with E-state index < -0.39 is 39.4 Å². The summed E-state index contributed by atoms with van der Waals surface area (Å²) in [6.45, 7) is 1.43. The fourth-order valence-electron chi connectivity index (χ4n) is 2.60. The molecule has 8 nitrogen and oxygen atoms in total. The number of ether oxygens (including phenoxy) is 1. The summed E-state index contributed by atoms with van der Waals surface area (Å²) in [5.41, 5.74) is -1.52. The smallest absolute Gasteiger partial charge is 0.416 e. The van der Waals surface area contributed by atoms with E-state index in [0.29, 0.717) is 0 Å². The van der Waals surface area contributed by atoms with Gasteiger partial charge in [-0.1, -0.05) is 0 Å². The van der Waals surface area contributed by atoms with Gasteiger partial charge >= 0.3 is 11.9 Å². The molecule has 0 aliphatic rings. The minimum Gasteiger partial charge on any atom is -0.493 e. The first-order chi connectivity index (χ1) is 14.0. The maximum atomic E-state index is 12.6. The summed E-state index contributed by atoms with van der Waals surface area (Å²) in [7, 11) is -4.00. The monoisotopic (exact) mass is 443 g/mol. The Morgan fingerprint density at radius 3 is 2.00 bits per heavy atom. The fraction of sp³-hybridized carbons (Fsp3) is 0.167. The van der Waals surface area contributed by atoms with Crippen molar-refractivity contribution < 1.29 is 31.4 Å². The van der Waals surface area contributed by atoms with Gasteiger partial charge in [-0.05, 0) is 55.5 Å². The first-order valence-corrected chi connectivity index (χ1v) is 9.93. The standard InChI is InChI=1S/C18H16F3N3O5S/c1-10(15-16(25)23-17(26)22-15)24-30(27,28)14-8-6-13(7-9-14)29-12-4-2-11(3-5-12)18(19,20)21/h2-10,24-25H,1H3,(H2,22,23,26)/t10-/m1/s1. The third kappa shape index (κ3) is 4.83. The molecule has 1 atom stereocenters. The zero-order chi connectivity index (χ0) is 22.1. The number of hydrogen-bond donors (Lipinski definition) is 4. The number of alkyl halides is 3. The van der Waals surface area contributed by atoms with E-state index in [4.69, 9.17) is 4.74 Å². The SMILES string of the molecule is C[C@@H](NS(=O)(=O)c1ccc(Oc2ccc(C(F)(F)F)cc2)cc1)c1[nH]c(=O)[nH]c1O. The van der Waals surface area contributed by atoms with Gasteiger partial charge in [0, 0.05) is 0 Å². The first kappa shape index (κ1) is 21.5. The van der Waals surface area contributed by atoms with Gasteiger partial charge in [0.05, 0.1) is 22.2 Å². The van der Waals surface area contributed by atoms with E-state index >= 15 is 0 Å². The van der Waals surface area contributed by atoms with Gasteiger partial charge in [-0.15, -0.1) is 0 Å². The lowest BCUT2D eigenvalue weighted by Crippen LogP contribution is -2.27. The molecule has 0 aliphatic carbocycles. The van der Waals surface area contributed by atoms with Gasteiger partial charge in [-0.25, -0.2) is 17.9 Å². The minimum atomic E-state index is -4.46. The third-order valence-corrected chi connectivity index (χ3v) is 5.61. The van der Waals surface area contributed by atoms with E-state index in [9.17, 15) is 31.5 Å². The van der Waals surface area contributed by atoms with Crippen molar-refractivity contribution in [2.75, 3.05) is 0 Å². The number of nitrogens with one attached hydrogen (secondary N) is 3. The Balaban J connectivity index is 1.71. The maximum absolute atomic E-state index is 12.6. The average Bonchev–Trinajstić information content (AvgIpc) is 3.00. The molecule has 4 N–H and O–H groups in total. The second-order valence-electron chi connectivity index (χ2n) is 6.28. The van der Waals surface area contributed by atoms with Gasteiger partial charge in [0.2, 0.25) is 15.9 Å². The van der Waals surface area contributed by atoms with Gasteiger partial charge in [-0.3, -0.25) is 4.98 Å². The van der Waals surface area contributed by atoms with Crippen LogP contribution < -0.4 is 15.1 Å². The lowest BCUT2D eigenvalue weighted by Gasteiger charge is -2.13. The fourth-order valence-corrected chi connectivity index (χ4v) is 3.81. The number of sulfonamides is 1. The molecule has 3 aromatic rings. The molecule has 0 amide bonds. The lowest BCUT2D eigenvalue weighted by atomic mass is 10.2. The number of benzene rings is 2. The number of rotatable bonds is 6. The highest BCUT2D eigenvalue weighted by molar-refractivity contribution is 7.89. The number of aromatic nitrogens is 2. The number of imidazole rings is 1. The van der Waals surface area contributed by atoms with Gasteiger partial charge in [-0.2, -0.15) is 13.2 Å². The third-order valence-electron chi connectivity index (χ3n) is 4.05. The van der Waals surface area contributed by atoms with E-state index in [1.54, 1.807) is 0 Å². The zero-order valence-corrected chi connectivity index (χ0v) is 16.1. The quantitative estimate of drug-likeness (QED) is 0.466. The van der Waals surface area contributed by atoms with Crippen LogP contribution in [-0.2, 0) is 16.2 Å². The summed E-state index contributed by atoms with van der Waals surface area (Å²) in [6, 6.07) is 8.29. The molecule has 0 saturated carbocycles. The Bertz CT molecular complexity index is 1180. The molecular formula is C18H16F3N3O5S. The molecule has 2 aromatic carbocycles. The highest BCUT2D eigenvalue weighted by Crippen LogP contribution is 2.31. The van der Waals surface area contributed by atoms with E-state index in [0.717, 1.165) is 24.3 Å². The molecule has 0 bridgehead atoms. The Kier molecular flexibility index (Phi) is 5.63. The van der Waals surface area contributed by atoms with Crippen molar-refractivity contribution in [3.63, 3.8) is 0 Å². The second-order valence-corrected chi connectivity index (χ2v) is 7.99. The molecule has 0 radical (unpaired) electrons. The number of H-pyrrole nitrogens is 2. The summed E-state index contributed by atoms with van der Waals surface area (Å²) in [6.07, 6.45) is -4.46. The molecule has 12 heteroatoms. The summed E-state index contributed by atoms with van der Waals surface area (Å²) >= 11 is 0. The molecule has 3 rings (SSSR count). The Labute approximate surface area is 168 Å². The van der Waals surface area contributed by atoms with Crippen LogP contribution in [0.2, 0.25) is 0 Å². The largest absolute Gasteiger partial charge is 0.493 e. The van der Waals surface area contributed by atoms with E-state index in [1.807, 2.05) is 0 Å². The Morgan fingerprint density at radius 2 is 1.53 bits per heavy atom. The van der Waals surface area contributed by atoms with Gasteiger partial charge in [0.25, 0.3) is 0 Å². The van der Waals surface area contributed by atoms with Gasteiger partial charge < -0.3 is 14.8 Å². The van der Waals surface area contributed by atoms with Crippen LogP contribution in [-0.4, -0.2) is 23.5 Å². The topological polar surface area (TPSA) is 124 Å². The number of aromatic hydroxyl groups is 1. The van der Waals surface area contributed by atoms with Gasteiger partial charge in [0.1, 0.15) is 11.5 Å². The van der Waals surface area contributed by atoms with E-state index in [-0.39, 0.29) is 22.1 Å². The number of hydrogen-bond acceptors (Lipinski definition) is 5. The van der Waals surface area contributed by atoms with E-state index in [1.165, 1.54) is 31.2 Å². The normalized spacial score (nSPS) is 13.2. The van der Waals surface area contributed by atoms with Crippen molar-refractivity contribution in [3.8, 4) is 17.4 Å². The van der Waals surface area contributed by atoms with Crippen molar-refractivity contribution >= 4 is 10.0 Å². The molecule has 0 unspecified atom stereocenters. The van der Waals surface area contributed by atoms with Crippen LogP contribution in [0.4, 0.5) is 13.2 Å². The van der Waals surface area contributed by atoms with Crippen LogP contribution in [0.5, 0.6) is 17.4 Å². The van der Waals surface area contributed by atoms with Crippen LogP contribution >= 0.6 is 0 Å². The highest BCUT2D eigenvalue weighted by atomic mass is 32.2. The van der Waals surface area contributed by atoms with Crippen molar-refractivity contribution in [2.24, 2.45) is 0 Å². The molecule has 0 aliphatic heterocycles. The van der Waals surface area contributed by atoms with Crippen LogP contribution in [0.1, 0.15) is 24.2 Å². The predicted molar refractivity (Wildman–Crippen MR) is 99.8 cm³/mol. The molecule has 160 valence electrons. The van der Waals surface area contributed by atoms with Crippen molar-refractivity contribution in [2.45, 2.75) is 24.0 Å². The van der Waals surface area contributed by atoms with E-state index in [2.05, 4.69) is 14.7 Å². The Morgan fingerprint density at radius 1 is 1.00 bits per heavy atom. The molecule has 0 spiro atoms. The number of halogens is 3. The second kappa shape index (κ2) is 7.88. The molecule has 1 aromatic heterocycles. The summed E-state index contributed by atoms with van der Waals surface area (Å²) in [4.78, 5) is 15.4. The van der Waals surface area contributed by atoms with Crippen molar-refractivity contribution in [3.05, 3.63) is 70.3 Å². The lowest BCUT2D eigenvalue weighted by molar-refractivity contribution is -0.137. The van der Waals surface area contributed by atoms with Crippen LogP contribution in [0.25, 0.3) is 0 Å². The maximum Gasteiger partial charge on any atom is 0.416 e. The molecular weight excluding hydrogens is 427 g/mol. The molecule has 1 heterocycles. The van der Waals surface area contributed by atoms with Crippen molar-refractivity contribution in [1.29, 1.82) is 0 Å². The van der Waals surface area contributed by atoms with Crippen LogP contribution in [0.15, 0.2) is 58.2 Å². The summed E-state index contributed by atoms with van der Waals surface area (Å²) < 4.78 is 70.5. The summed E-state index contributed by atoms with van der Waals surface area (Å²) in [5.74, 6) is -0.109. The minimum absolute atomic E-state index is 0.0224. The van der Waals surface area contributed by atoms with Crippen molar-refractivity contribution in [1.82, 2.24) is 14.7 Å². The average molecular weight is 443 g/mol. The summed E-state index contributed by atoms with van der Waals surface area (Å²) in [5, 5.41) is 9.61. The molecule has 0 saturated heterocycles. The Hall–Kier alpha value is -3.25. The first-order valence-electron chi connectivity index (χ1n) is 8.44. The van der Waals surface area contributed by atoms with Crippen LogP contribution in [0, 0.1) is 0 Å². The van der Waals surface area contributed by atoms with Gasteiger partial charge in [0.15, 0.2) is 0 Å². The highest BCUT2D eigenvalue weighted by Gasteiger charge is 2.30. The number of aromatic amines is 2. The molecule has 0 fully saturated rings. The zero-order valence-electron chi connectivity index (χ0n) is 15.3. The van der Waals surface area contributed by atoms with Crippen LogP contribution in [0.3, 0.4) is 0 Å². The molecule has 30 heavy (non-hydrogen) atoms. The predicted octanol–water partition coefficient (Wildman–Crippen LogP) is 3.26.